The molecule has 1 saturated heterocycles. The highest BCUT2D eigenvalue weighted by Gasteiger charge is 2.24. The van der Waals surface area contributed by atoms with E-state index in [9.17, 15) is 0 Å². The molecule has 0 saturated carbocycles. The molecule has 5 heteroatoms. The highest BCUT2D eigenvalue weighted by molar-refractivity contribution is 9.10. The van der Waals surface area contributed by atoms with Crippen LogP contribution in [-0.4, -0.2) is 29.1 Å². The first-order valence-corrected chi connectivity index (χ1v) is 7.85. The van der Waals surface area contributed by atoms with Crippen molar-refractivity contribution >= 4 is 32.7 Å². The van der Waals surface area contributed by atoms with Gasteiger partial charge in [0.2, 0.25) is 0 Å². The van der Waals surface area contributed by atoms with Crippen molar-refractivity contribution in [3.63, 3.8) is 0 Å². The summed E-state index contributed by atoms with van der Waals surface area (Å²) in [5.41, 5.74) is 9.16. The Labute approximate surface area is 127 Å². The lowest BCUT2D eigenvalue weighted by atomic mass is 9.92. The van der Waals surface area contributed by atoms with Crippen molar-refractivity contribution in [1.29, 1.82) is 0 Å². The Bertz CT molecular complexity index is 614. The number of halogens is 1. The Hall–Kier alpha value is -1.20. The maximum Gasteiger partial charge on any atom is 0.112 e. The zero-order valence-electron chi connectivity index (χ0n) is 11.6. The first kappa shape index (κ1) is 13.8. The number of piperidine rings is 1. The minimum atomic E-state index is 0.244. The van der Waals surface area contributed by atoms with E-state index in [2.05, 4.69) is 43.8 Å². The molecular formula is C15H19BrN4. The molecule has 2 aromatic heterocycles. The van der Waals surface area contributed by atoms with E-state index >= 15 is 0 Å². The van der Waals surface area contributed by atoms with Crippen LogP contribution in [0.25, 0.3) is 11.0 Å². The van der Waals surface area contributed by atoms with E-state index in [1.165, 1.54) is 18.5 Å². The summed E-state index contributed by atoms with van der Waals surface area (Å²) in [5.74, 6) is 0.558. The molecule has 0 radical (unpaired) electrons. The summed E-state index contributed by atoms with van der Waals surface area (Å²) < 4.78 is 0.960. The van der Waals surface area contributed by atoms with Crippen LogP contribution in [0.1, 0.15) is 19.8 Å². The Morgan fingerprint density at radius 1 is 1.45 bits per heavy atom. The third-order valence-corrected chi connectivity index (χ3v) is 4.50. The summed E-state index contributed by atoms with van der Waals surface area (Å²) in [5, 5.41) is 0. The number of hydrogen-bond acceptors (Lipinski definition) is 4. The fourth-order valence-electron chi connectivity index (χ4n) is 2.90. The number of fused-ring (bicyclic) bond motifs is 1. The van der Waals surface area contributed by atoms with Gasteiger partial charge in [-0.1, -0.05) is 0 Å². The van der Waals surface area contributed by atoms with Crippen molar-refractivity contribution in [2.75, 3.05) is 18.0 Å². The molecule has 1 fully saturated rings. The Morgan fingerprint density at radius 2 is 2.30 bits per heavy atom. The first-order valence-electron chi connectivity index (χ1n) is 7.06. The number of rotatable bonds is 2. The van der Waals surface area contributed by atoms with Gasteiger partial charge < -0.3 is 10.6 Å². The van der Waals surface area contributed by atoms with Crippen LogP contribution in [0.2, 0.25) is 0 Å². The minimum absolute atomic E-state index is 0.244. The first-order chi connectivity index (χ1) is 9.65. The molecule has 3 rings (SSSR count). The summed E-state index contributed by atoms with van der Waals surface area (Å²) >= 11 is 3.45. The van der Waals surface area contributed by atoms with E-state index in [4.69, 9.17) is 5.73 Å². The largest absolute Gasteiger partial charge is 0.369 e. The number of hydrogen-bond donors (Lipinski definition) is 1. The van der Waals surface area contributed by atoms with Crippen molar-refractivity contribution in [2.24, 2.45) is 11.7 Å². The Balaban J connectivity index is 1.97. The van der Waals surface area contributed by atoms with E-state index in [1.807, 2.05) is 18.5 Å². The molecular weight excluding hydrogens is 316 g/mol. The topological polar surface area (TPSA) is 55.0 Å². The van der Waals surface area contributed by atoms with E-state index in [0.717, 1.165) is 28.6 Å². The summed E-state index contributed by atoms with van der Waals surface area (Å²) in [6.07, 6.45) is 6.10. The predicted molar refractivity (Wildman–Crippen MR) is 85.8 cm³/mol. The van der Waals surface area contributed by atoms with Crippen LogP contribution in [0, 0.1) is 5.92 Å². The second-order valence-corrected chi connectivity index (χ2v) is 6.47. The van der Waals surface area contributed by atoms with Gasteiger partial charge >= 0.3 is 0 Å². The fraction of sp³-hybridized carbons (Fsp3) is 0.467. The van der Waals surface area contributed by atoms with Gasteiger partial charge in [-0.3, -0.25) is 9.97 Å². The lowest BCUT2D eigenvalue weighted by Gasteiger charge is -2.36. The SMILES string of the molecule is CC(N)C1CCCN(c2ccnc3cc(Br)cnc23)C1. The number of pyridine rings is 2. The third kappa shape index (κ3) is 2.65. The van der Waals surface area contributed by atoms with Gasteiger partial charge in [-0.05, 0) is 53.7 Å². The Morgan fingerprint density at radius 3 is 3.10 bits per heavy atom. The van der Waals surface area contributed by atoms with Gasteiger partial charge in [0.15, 0.2) is 0 Å². The summed E-state index contributed by atoms with van der Waals surface area (Å²) in [4.78, 5) is 11.4. The average molecular weight is 335 g/mol. The molecule has 2 N–H and O–H groups in total. The molecule has 0 spiro atoms. The van der Waals surface area contributed by atoms with E-state index in [1.54, 1.807) is 0 Å². The Kier molecular flexibility index (Phi) is 3.89. The lowest BCUT2D eigenvalue weighted by Crippen LogP contribution is -2.42. The molecule has 2 aromatic rings. The molecule has 0 aliphatic carbocycles. The van der Waals surface area contributed by atoms with Crippen LogP contribution >= 0.6 is 15.9 Å². The van der Waals surface area contributed by atoms with Crippen LogP contribution in [0.4, 0.5) is 5.69 Å². The molecule has 0 amide bonds. The molecule has 0 bridgehead atoms. The lowest BCUT2D eigenvalue weighted by molar-refractivity contribution is 0.365. The highest BCUT2D eigenvalue weighted by Crippen LogP contribution is 2.29. The van der Waals surface area contributed by atoms with Crippen LogP contribution in [0.5, 0.6) is 0 Å². The smallest absolute Gasteiger partial charge is 0.112 e. The minimum Gasteiger partial charge on any atom is -0.369 e. The number of nitrogens with two attached hydrogens (primary N) is 1. The fourth-order valence-corrected chi connectivity index (χ4v) is 3.22. The molecule has 1 aliphatic heterocycles. The van der Waals surface area contributed by atoms with E-state index in [-0.39, 0.29) is 6.04 Å². The molecule has 2 unspecified atom stereocenters. The maximum absolute atomic E-state index is 6.08. The molecule has 20 heavy (non-hydrogen) atoms. The van der Waals surface area contributed by atoms with Gasteiger partial charge in [0.05, 0.1) is 11.2 Å². The molecule has 0 aromatic carbocycles. The van der Waals surface area contributed by atoms with Crippen LogP contribution in [-0.2, 0) is 0 Å². The summed E-state index contributed by atoms with van der Waals surface area (Å²) in [7, 11) is 0. The predicted octanol–water partition coefficient (Wildman–Crippen LogP) is 2.96. The number of nitrogens with zero attached hydrogens (tertiary/aromatic N) is 3. The van der Waals surface area contributed by atoms with Gasteiger partial charge in [-0.15, -0.1) is 0 Å². The van der Waals surface area contributed by atoms with Crippen molar-refractivity contribution in [1.82, 2.24) is 9.97 Å². The third-order valence-electron chi connectivity index (χ3n) is 4.06. The van der Waals surface area contributed by atoms with Crippen LogP contribution in [0.15, 0.2) is 29.0 Å². The molecule has 106 valence electrons. The second-order valence-electron chi connectivity index (χ2n) is 5.56. The van der Waals surface area contributed by atoms with Gasteiger partial charge in [0.1, 0.15) is 5.52 Å². The van der Waals surface area contributed by atoms with Crippen LogP contribution in [0.3, 0.4) is 0 Å². The van der Waals surface area contributed by atoms with E-state index < -0.39 is 0 Å². The number of aromatic nitrogens is 2. The standard InChI is InChI=1S/C15H19BrN4/c1-10(17)11-3-2-6-20(9-11)14-4-5-18-13-7-12(16)8-19-15(13)14/h4-5,7-8,10-11H,2-3,6,9,17H2,1H3. The number of anilines is 1. The normalized spacial score (nSPS) is 21.1. The monoisotopic (exact) mass is 334 g/mol. The van der Waals surface area contributed by atoms with Gasteiger partial charge in [-0.25, -0.2) is 0 Å². The quantitative estimate of drug-likeness (QED) is 0.917. The zero-order chi connectivity index (χ0) is 14.1. The molecule has 1 aliphatic rings. The van der Waals surface area contributed by atoms with E-state index in [0.29, 0.717) is 5.92 Å². The van der Waals surface area contributed by atoms with Crippen molar-refractivity contribution in [3.8, 4) is 0 Å². The average Bonchev–Trinajstić information content (AvgIpc) is 2.46. The van der Waals surface area contributed by atoms with Gasteiger partial charge in [-0.2, -0.15) is 0 Å². The van der Waals surface area contributed by atoms with Crippen molar-refractivity contribution in [2.45, 2.75) is 25.8 Å². The highest BCUT2D eigenvalue weighted by atomic mass is 79.9. The summed E-state index contributed by atoms with van der Waals surface area (Å²) in [6.45, 7) is 4.18. The molecule has 2 atom stereocenters. The summed E-state index contributed by atoms with van der Waals surface area (Å²) in [6, 6.07) is 4.32. The molecule has 3 heterocycles. The van der Waals surface area contributed by atoms with Crippen LogP contribution < -0.4 is 10.6 Å². The van der Waals surface area contributed by atoms with Gasteiger partial charge in [0, 0.05) is 36.0 Å². The van der Waals surface area contributed by atoms with Crippen molar-refractivity contribution in [3.05, 3.63) is 29.0 Å². The zero-order valence-corrected chi connectivity index (χ0v) is 13.2. The van der Waals surface area contributed by atoms with Crippen molar-refractivity contribution < 1.29 is 0 Å². The second kappa shape index (κ2) is 5.66. The maximum atomic E-state index is 6.08. The van der Waals surface area contributed by atoms with Gasteiger partial charge in [0.25, 0.3) is 0 Å². The molecule has 4 nitrogen and oxygen atoms in total.